The van der Waals surface area contributed by atoms with E-state index in [0.717, 1.165) is 18.9 Å². The molecule has 0 unspecified atom stereocenters. The first-order valence-corrected chi connectivity index (χ1v) is 5.84. The van der Waals surface area contributed by atoms with Crippen molar-refractivity contribution in [2.24, 2.45) is 0 Å². The van der Waals surface area contributed by atoms with Crippen molar-refractivity contribution in [2.75, 3.05) is 25.6 Å². The number of H-pyrrole nitrogens is 1. The second-order valence-electron chi connectivity index (χ2n) is 4.50. The van der Waals surface area contributed by atoms with Gasteiger partial charge in [-0.1, -0.05) is 12.1 Å². The van der Waals surface area contributed by atoms with E-state index in [9.17, 15) is 0 Å². The molecule has 17 heavy (non-hydrogen) atoms. The quantitative estimate of drug-likeness (QED) is 0.846. The molecule has 1 aliphatic rings. The van der Waals surface area contributed by atoms with E-state index in [0.29, 0.717) is 0 Å². The molecule has 0 atom stereocenters. The van der Waals surface area contributed by atoms with Crippen molar-refractivity contribution in [1.29, 1.82) is 0 Å². The van der Waals surface area contributed by atoms with E-state index in [1.165, 1.54) is 11.1 Å². The van der Waals surface area contributed by atoms with Crippen molar-refractivity contribution >= 4 is 5.69 Å². The van der Waals surface area contributed by atoms with Gasteiger partial charge in [-0.2, -0.15) is 0 Å². The molecule has 0 saturated carbocycles. The summed E-state index contributed by atoms with van der Waals surface area (Å²) in [6.07, 6.45) is 4.03. The van der Waals surface area contributed by atoms with Gasteiger partial charge in [0.25, 0.3) is 0 Å². The van der Waals surface area contributed by atoms with Crippen molar-refractivity contribution in [1.82, 2.24) is 4.98 Å². The van der Waals surface area contributed by atoms with E-state index in [1.54, 1.807) is 0 Å². The minimum atomic E-state index is 0.0479. The molecule has 0 amide bonds. The first kappa shape index (κ1) is 10.4. The van der Waals surface area contributed by atoms with Crippen molar-refractivity contribution in [2.45, 2.75) is 5.41 Å². The number of nitrogens with one attached hydrogen (secondary N) is 2. The Morgan fingerprint density at radius 1 is 1.12 bits per heavy atom. The molecule has 0 aliphatic carbocycles. The molecule has 1 fully saturated rings. The van der Waals surface area contributed by atoms with Gasteiger partial charge in [-0.3, -0.25) is 0 Å². The molecule has 1 aromatic heterocycles. The topological polar surface area (TPSA) is 37.0 Å². The Balaban J connectivity index is 2.00. The lowest BCUT2D eigenvalue weighted by Crippen LogP contribution is -2.47. The summed E-state index contributed by atoms with van der Waals surface area (Å²) in [4.78, 5) is 3.13. The standard InChI is InChI=1S/C14H16N2O/c1-15-13-4-2-11(3-5-13)14(9-17-10-14)12-6-7-16-8-12/h2-8,15-16H,9-10H2,1H3. The number of benzene rings is 1. The van der Waals surface area contributed by atoms with Crippen LogP contribution in [0.15, 0.2) is 42.7 Å². The molecule has 88 valence electrons. The lowest BCUT2D eigenvalue weighted by molar-refractivity contribution is -0.0379. The summed E-state index contributed by atoms with van der Waals surface area (Å²) in [5.41, 5.74) is 3.81. The zero-order chi connectivity index (χ0) is 11.7. The number of anilines is 1. The molecule has 2 heterocycles. The third-order valence-electron chi connectivity index (χ3n) is 3.57. The first-order chi connectivity index (χ1) is 8.35. The van der Waals surface area contributed by atoms with E-state index >= 15 is 0 Å². The van der Waals surface area contributed by atoms with Gasteiger partial charge in [0.05, 0.1) is 18.6 Å². The third-order valence-corrected chi connectivity index (χ3v) is 3.57. The fourth-order valence-electron chi connectivity index (χ4n) is 2.38. The maximum atomic E-state index is 5.44. The lowest BCUT2D eigenvalue weighted by atomic mass is 9.74. The number of ether oxygens (including phenoxy) is 1. The Morgan fingerprint density at radius 3 is 2.35 bits per heavy atom. The molecule has 1 saturated heterocycles. The Hall–Kier alpha value is -1.74. The summed E-state index contributed by atoms with van der Waals surface area (Å²) >= 11 is 0. The highest BCUT2D eigenvalue weighted by Crippen LogP contribution is 2.39. The van der Waals surface area contributed by atoms with Crippen LogP contribution < -0.4 is 5.32 Å². The van der Waals surface area contributed by atoms with Gasteiger partial charge >= 0.3 is 0 Å². The van der Waals surface area contributed by atoms with E-state index in [2.05, 4.69) is 46.8 Å². The predicted molar refractivity (Wildman–Crippen MR) is 68.4 cm³/mol. The Bertz CT molecular complexity index is 483. The number of hydrogen-bond donors (Lipinski definition) is 2. The van der Waals surface area contributed by atoms with Crippen LogP contribution in [-0.2, 0) is 10.2 Å². The molecular weight excluding hydrogens is 212 g/mol. The van der Waals surface area contributed by atoms with Gasteiger partial charge in [0.15, 0.2) is 0 Å². The van der Waals surface area contributed by atoms with Crippen LogP contribution >= 0.6 is 0 Å². The lowest BCUT2D eigenvalue weighted by Gasteiger charge is -2.41. The molecule has 3 heteroatoms. The highest BCUT2D eigenvalue weighted by Gasteiger charge is 2.42. The first-order valence-electron chi connectivity index (χ1n) is 5.84. The van der Waals surface area contributed by atoms with Gasteiger partial charge < -0.3 is 15.0 Å². The third kappa shape index (κ3) is 1.54. The van der Waals surface area contributed by atoms with Crippen LogP contribution in [0.2, 0.25) is 0 Å². The van der Waals surface area contributed by atoms with E-state index < -0.39 is 0 Å². The highest BCUT2D eigenvalue weighted by molar-refractivity contribution is 5.49. The normalized spacial score (nSPS) is 17.5. The second-order valence-corrected chi connectivity index (χ2v) is 4.50. The Morgan fingerprint density at radius 2 is 1.88 bits per heavy atom. The molecule has 2 aromatic rings. The van der Waals surface area contributed by atoms with Crippen LogP contribution in [0.1, 0.15) is 11.1 Å². The van der Waals surface area contributed by atoms with Gasteiger partial charge in [0.1, 0.15) is 0 Å². The average Bonchev–Trinajstić information content (AvgIpc) is 2.83. The second kappa shape index (κ2) is 3.93. The summed E-state index contributed by atoms with van der Waals surface area (Å²) < 4.78 is 5.44. The van der Waals surface area contributed by atoms with Crippen LogP contribution in [-0.4, -0.2) is 25.2 Å². The van der Waals surface area contributed by atoms with E-state index in [-0.39, 0.29) is 5.41 Å². The minimum absolute atomic E-state index is 0.0479. The maximum absolute atomic E-state index is 5.44. The van der Waals surface area contributed by atoms with Crippen molar-refractivity contribution in [3.63, 3.8) is 0 Å². The largest absolute Gasteiger partial charge is 0.388 e. The fraction of sp³-hybridized carbons (Fsp3) is 0.286. The molecule has 1 aliphatic heterocycles. The van der Waals surface area contributed by atoms with E-state index in [4.69, 9.17) is 4.74 Å². The van der Waals surface area contributed by atoms with Crippen LogP contribution in [0.4, 0.5) is 5.69 Å². The predicted octanol–water partition coefficient (Wildman–Crippen LogP) is 2.37. The number of rotatable bonds is 3. The SMILES string of the molecule is CNc1ccc(C2(c3cc[nH]c3)COC2)cc1. The van der Waals surface area contributed by atoms with Gasteiger partial charge in [-0.15, -0.1) is 0 Å². The van der Waals surface area contributed by atoms with Gasteiger partial charge in [0, 0.05) is 25.1 Å². The van der Waals surface area contributed by atoms with Crippen LogP contribution in [0.5, 0.6) is 0 Å². The molecule has 0 radical (unpaired) electrons. The summed E-state index contributed by atoms with van der Waals surface area (Å²) in [5.74, 6) is 0. The molecule has 3 rings (SSSR count). The summed E-state index contributed by atoms with van der Waals surface area (Å²) in [7, 11) is 1.93. The van der Waals surface area contributed by atoms with Gasteiger partial charge in [-0.05, 0) is 29.3 Å². The monoisotopic (exact) mass is 228 g/mol. The Labute approximate surface area is 101 Å². The molecule has 1 aromatic carbocycles. The average molecular weight is 228 g/mol. The van der Waals surface area contributed by atoms with Crippen LogP contribution in [0, 0.1) is 0 Å². The summed E-state index contributed by atoms with van der Waals surface area (Å²) in [6.45, 7) is 1.54. The zero-order valence-corrected chi connectivity index (χ0v) is 9.86. The molecular formula is C14H16N2O. The van der Waals surface area contributed by atoms with Crippen LogP contribution in [0.3, 0.4) is 0 Å². The summed E-state index contributed by atoms with van der Waals surface area (Å²) in [5, 5.41) is 3.14. The summed E-state index contributed by atoms with van der Waals surface area (Å²) in [6, 6.07) is 10.7. The molecule has 2 N–H and O–H groups in total. The van der Waals surface area contributed by atoms with Crippen molar-refractivity contribution in [3.05, 3.63) is 53.9 Å². The molecule has 0 bridgehead atoms. The maximum Gasteiger partial charge on any atom is 0.0684 e. The van der Waals surface area contributed by atoms with Crippen molar-refractivity contribution in [3.8, 4) is 0 Å². The van der Waals surface area contributed by atoms with Gasteiger partial charge in [0.2, 0.25) is 0 Å². The minimum Gasteiger partial charge on any atom is -0.388 e. The molecule has 3 nitrogen and oxygen atoms in total. The highest BCUT2D eigenvalue weighted by atomic mass is 16.5. The molecule has 0 spiro atoms. The van der Waals surface area contributed by atoms with Gasteiger partial charge in [-0.25, -0.2) is 0 Å². The number of aromatic nitrogens is 1. The number of aromatic amines is 1. The Kier molecular flexibility index (Phi) is 2.41. The van der Waals surface area contributed by atoms with Crippen LogP contribution in [0.25, 0.3) is 0 Å². The fourth-order valence-corrected chi connectivity index (χ4v) is 2.38. The smallest absolute Gasteiger partial charge is 0.0684 e. The van der Waals surface area contributed by atoms with E-state index in [1.807, 2.05) is 13.2 Å². The number of hydrogen-bond acceptors (Lipinski definition) is 2. The van der Waals surface area contributed by atoms with Crippen molar-refractivity contribution < 1.29 is 4.74 Å². The zero-order valence-electron chi connectivity index (χ0n) is 9.86.